The molecule has 2 aromatic heterocycles. The van der Waals surface area contributed by atoms with Gasteiger partial charge in [-0.2, -0.15) is 0 Å². The maximum Gasteiger partial charge on any atom is 0.197 e. The zero-order chi connectivity index (χ0) is 74.2. The van der Waals surface area contributed by atoms with E-state index in [4.69, 9.17) is 18.9 Å². The molecular formula is C94H112N2O6. The summed E-state index contributed by atoms with van der Waals surface area (Å²) >= 11 is 0. The molecule has 0 atom stereocenters. The summed E-state index contributed by atoms with van der Waals surface area (Å²) in [6, 6.07) is 59.5. The summed E-state index contributed by atoms with van der Waals surface area (Å²) in [4.78, 5) is 30.9. The van der Waals surface area contributed by atoms with Crippen LogP contribution in [0.15, 0.2) is 179 Å². The van der Waals surface area contributed by atoms with E-state index in [0.717, 1.165) is 44.4 Å². The third kappa shape index (κ3) is 16.9. The van der Waals surface area contributed by atoms with Crippen molar-refractivity contribution in [2.24, 2.45) is 0 Å². The molecule has 0 fully saturated rings. The molecule has 0 saturated carbocycles. The smallest absolute Gasteiger partial charge is 0.197 e. The molecule has 0 unspecified atom stereocenters. The van der Waals surface area contributed by atoms with Gasteiger partial charge < -0.3 is 28.1 Å². The first-order chi connectivity index (χ1) is 47.3. The molecule has 0 N–H and O–H groups in total. The van der Waals surface area contributed by atoms with Gasteiger partial charge >= 0.3 is 0 Å². The van der Waals surface area contributed by atoms with Gasteiger partial charge in [-0.25, -0.2) is 0 Å². The Balaban J connectivity index is 1.05. The number of para-hydroxylation sites is 2. The number of benzene rings is 9. The van der Waals surface area contributed by atoms with E-state index in [1.54, 1.807) is 0 Å². The van der Waals surface area contributed by atoms with Crippen LogP contribution in [0.25, 0.3) is 43.6 Å². The van der Waals surface area contributed by atoms with Crippen molar-refractivity contribution in [3.8, 4) is 23.0 Å². The molecule has 0 saturated heterocycles. The minimum Gasteiger partial charge on any atom is -0.489 e. The van der Waals surface area contributed by atoms with Crippen molar-refractivity contribution in [1.82, 2.24) is 9.13 Å². The topological polar surface area (TPSA) is 80.9 Å². The molecule has 0 spiro atoms. The summed E-state index contributed by atoms with van der Waals surface area (Å²) in [5.74, 6) is 2.63. The minimum absolute atomic E-state index is 0.0714. The van der Waals surface area contributed by atoms with Crippen LogP contribution in [0, 0.1) is 0 Å². The van der Waals surface area contributed by atoms with Crippen LogP contribution < -0.4 is 29.8 Å². The molecule has 0 amide bonds. The Bertz CT molecular complexity index is 4470. The van der Waals surface area contributed by atoms with E-state index in [0.29, 0.717) is 95.1 Å². The van der Waals surface area contributed by atoms with Gasteiger partial charge in [0.05, 0.1) is 22.1 Å². The van der Waals surface area contributed by atoms with E-state index in [2.05, 4.69) is 272 Å². The van der Waals surface area contributed by atoms with E-state index in [9.17, 15) is 0 Å². The molecule has 0 aliphatic heterocycles. The first-order valence-corrected chi connectivity index (χ1v) is 36.7. The second-order valence-electron chi connectivity index (χ2n) is 37.2. The summed E-state index contributed by atoms with van der Waals surface area (Å²) in [5.41, 5.74) is 18.2. The SMILES string of the molecule is CC(C)(C)c1cc(COc2cc(Cn3c4ccccc4c(=O)c4cc5c(cc43)c(=O)c3ccccc3n5Cc3cc(OCc4cc(C(C)(C)C)cc(C(C)(C)C)c4)cc(OCc4cc(C(C)(C)C)cc(C(C)(C)C)c4)c3)cc(OCc3cc(C(C)(C)C)cc(C(C)(C)C)c3)c2)cc(C(C)(C)C)c1. The van der Waals surface area contributed by atoms with Crippen LogP contribution in [0.3, 0.4) is 0 Å². The van der Waals surface area contributed by atoms with Crippen LogP contribution in [0.5, 0.6) is 23.0 Å². The molecule has 8 nitrogen and oxygen atoms in total. The van der Waals surface area contributed by atoms with Crippen molar-refractivity contribution in [3.63, 3.8) is 0 Å². The highest BCUT2D eigenvalue weighted by Crippen LogP contribution is 2.39. The minimum atomic E-state index is -0.118. The van der Waals surface area contributed by atoms with Gasteiger partial charge in [-0.05, 0) is 182 Å². The maximum absolute atomic E-state index is 15.4. The molecule has 0 aliphatic rings. The highest BCUT2D eigenvalue weighted by Gasteiger charge is 2.27. The van der Waals surface area contributed by atoms with Gasteiger partial charge in [0.2, 0.25) is 0 Å². The third-order valence-corrected chi connectivity index (χ3v) is 20.1. The van der Waals surface area contributed by atoms with Gasteiger partial charge in [-0.1, -0.05) is 263 Å². The summed E-state index contributed by atoms with van der Waals surface area (Å²) < 4.78 is 32.1. The van der Waals surface area contributed by atoms with Gasteiger partial charge in [-0.3, -0.25) is 9.59 Å². The van der Waals surface area contributed by atoms with Gasteiger partial charge in [0, 0.05) is 46.8 Å². The predicted octanol–water partition coefficient (Wildman–Crippen LogP) is 23.4. The van der Waals surface area contributed by atoms with Crippen LogP contribution in [0.2, 0.25) is 0 Å². The van der Waals surface area contributed by atoms with E-state index in [-0.39, 0.29) is 54.2 Å². The van der Waals surface area contributed by atoms with Crippen molar-refractivity contribution in [3.05, 3.63) is 268 Å². The lowest BCUT2D eigenvalue weighted by Crippen LogP contribution is -2.17. The fourth-order valence-corrected chi connectivity index (χ4v) is 13.5. The van der Waals surface area contributed by atoms with Crippen LogP contribution >= 0.6 is 0 Å². The predicted molar refractivity (Wildman–Crippen MR) is 429 cm³/mol. The lowest BCUT2D eigenvalue weighted by molar-refractivity contribution is 0.288. The lowest BCUT2D eigenvalue weighted by atomic mass is 9.79. The number of nitrogens with zero attached hydrogens (tertiary/aromatic N) is 2. The average molecular weight is 1370 g/mol. The number of ether oxygens (including phenoxy) is 4. The molecular weight excluding hydrogens is 1250 g/mol. The number of hydrogen-bond donors (Lipinski definition) is 0. The highest BCUT2D eigenvalue weighted by molar-refractivity contribution is 6.04. The van der Waals surface area contributed by atoms with Crippen molar-refractivity contribution in [2.45, 2.75) is 249 Å². The summed E-state index contributed by atoms with van der Waals surface area (Å²) in [7, 11) is 0. The van der Waals surface area contributed by atoms with Crippen molar-refractivity contribution in [1.29, 1.82) is 0 Å². The molecule has 8 heteroatoms. The summed E-state index contributed by atoms with van der Waals surface area (Å²) in [6.45, 7) is 56.2. The third-order valence-electron chi connectivity index (χ3n) is 20.1. The van der Waals surface area contributed by atoms with Crippen molar-refractivity contribution in [2.75, 3.05) is 0 Å². The lowest BCUT2D eigenvalue weighted by Gasteiger charge is -2.26. The Morgan fingerprint density at radius 2 is 0.451 bits per heavy atom. The molecule has 534 valence electrons. The van der Waals surface area contributed by atoms with E-state index < -0.39 is 0 Å². The number of rotatable bonds is 16. The maximum atomic E-state index is 15.4. The largest absolute Gasteiger partial charge is 0.489 e. The molecule has 2 heterocycles. The molecule has 0 aliphatic carbocycles. The Hall–Kier alpha value is -8.88. The quantitative estimate of drug-likeness (QED) is 0.0897. The summed E-state index contributed by atoms with van der Waals surface area (Å²) in [5, 5.41) is 2.13. The standard InChI is InChI=1S/C94H112N2O6/c1-87(2,3)65-33-61(34-66(45-65)88(4,5)6)55-99-73-41-59(42-74(49-73)100-56-62-35-67(89(7,8)9)46-68(36-62)90(10,11)12)53-95-81-31-27-25-29-77(81)85(97)79-52-84-80(51-83(79)95)86(98)78-30-26-28-32-82(78)96(84)54-60-43-75(101-57-63-37-69(91(13,14)15)47-70(38-63)92(16,17)18)50-76(44-60)102-58-64-39-71(93(19,20)21)48-72(40-64)94(22,23)24/h25-52H,53-58H2,1-24H3. The van der Waals surface area contributed by atoms with Crippen molar-refractivity contribution >= 4 is 43.6 Å². The van der Waals surface area contributed by atoms with E-state index in [1.165, 1.54) is 44.5 Å². The average Bonchev–Trinajstić information content (AvgIpc) is 0.722. The van der Waals surface area contributed by atoms with Gasteiger partial charge in [-0.15, -0.1) is 0 Å². The first kappa shape index (κ1) is 74.3. The Morgan fingerprint density at radius 3 is 0.667 bits per heavy atom. The van der Waals surface area contributed by atoms with Gasteiger partial charge in [0.1, 0.15) is 49.4 Å². The highest BCUT2D eigenvalue weighted by atomic mass is 16.5. The number of pyridine rings is 2. The molecule has 0 bridgehead atoms. The van der Waals surface area contributed by atoms with Crippen LogP contribution in [0.4, 0.5) is 0 Å². The second kappa shape index (κ2) is 27.4. The van der Waals surface area contributed by atoms with Crippen LogP contribution in [-0.4, -0.2) is 9.13 Å². The Morgan fingerprint density at radius 1 is 0.235 bits per heavy atom. The Labute approximate surface area is 608 Å². The fourth-order valence-electron chi connectivity index (χ4n) is 13.5. The molecule has 9 aromatic carbocycles. The zero-order valence-corrected chi connectivity index (χ0v) is 65.8. The Kier molecular flexibility index (Phi) is 20.0. The van der Waals surface area contributed by atoms with E-state index in [1.807, 2.05) is 72.8 Å². The number of hydrogen-bond acceptors (Lipinski definition) is 6. The molecule has 11 rings (SSSR count). The van der Waals surface area contributed by atoms with Crippen molar-refractivity contribution < 1.29 is 18.9 Å². The van der Waals surface area contributed by atoms with Crippen LogP contribution in [-0.2, 0) is 82.8 Å². The second-order valence-corrected chi connectivity index (χ2v) is 37.2. The molecule has 11 aromatic rings. The van der Waals surface area contributed by atoms with Gasteiger partial charge in [0.25, 0.3) is 0 Å². The number of aromatic nitrogens is 2. The van der Waals surface area contributed by atoms with Gasteiger partial charge in [0.15, 0.2) is 10.9 Å². The zero-order valence-electron chi connectivity index (χ0n) is 65.8. The normalized spacial score (nSPS) is 13.0. The monoisotopic (exact) mass is 1360 g/mol. The first-order valence-electron chi connectivity index (χ1n) is 36.7. The summed E-state index contributed by atoms with van der Waals surface area (Å²) in [6.07, 6.45) is 0. The fraction of sp³-hybridized carbons (Fsp3) is 0.404. The molecule has 0 radical (unpaired) electrons. The molecule has 102 heavy (non-hydrogen) atoms. The van der Waals surface area contributed by atoms with E-state index >= 15 is 9.59 Å². The van der Waals surface area contributed by atoms with Crippen LogP contribution in [0.1, 0.15) is 244 Å². The number of fused-ring (bicyclic) bond motifs is 4.